The van der Waals surface area contributed by atoms with Crippen LogP contribution in [0, 0.1) is 0 Å². The average Bonchev–Trinajstić information content (AvgIpc) is 2.66. The minimum Gasteiger partial charge on any atom is -0.386 e. The molecule has 2 aromatic heterocycles. The van der Waals surface area contributed by atoms with Crippen molar-refractivity contribution in [3.63, 3.8) is 0 Å². The van der Waals surface area contributed by atoms with Crippen LogP contribution in [0.4, 0.5) is 13.2 Å². The molecule has 0 fully saturated rings. The maximum Gasteiger partial charge on any atom is 0.416 e. The third-order valence-corrected chi connectivity index (χ3v) is 4.88. The molecule has 0 spiro atoms. The van der Waals surface area contributed by atoms with Gasteiger partial charge in [-0.25, -0.2) is 9.36 Å². The van der Waals surface area contributed by atoms with Crippen LogP contribution in [-0.2, 0) is 11.8 Å². The largest absolute Gasteiger partial charge is 0.416 e. The number of aliphatic hydroxyl groups is 1. The van der Waals surface area contributed by atoms with Crippen LogP contribution in [0.3, 0.4) is 0 Å². The summed E-state index contributed by atoms with van der Waals surface area (Å²) in [5.74, 6) is 0. The predicted octanol–water partition coefficient (Wildman–Crippen LogP) is 3.47. The van der Waals surface area contributed by atoms with Crippen molar-refractivity contribution < 1.29 is 18.3 Å². The van der Waals surface area contributed by atoms with Crippen molar-refractivity contribution in [3.8, 4) is 5.69 Å². The Kier molecular flexibility index (Phi) is 4.32. The fourth-order valence-electron chi connectivity index (χ4n) is 3.46. The zero-order valence-corrected chi connectivity index (χ0v) is 15.9. The first-order valence-electron chi connectivity index (χ1n) is 8.95. The summed E-state index contributed by atoms with van der Waals surface area (Å²) < 4.78 is 41.1. The Balaban J connectivity index is 2.17. The first-order chi connectivity index (χ1) is 14.0. The summed E-state index contributed by atoms with van der Waals surface area (Å²) >= 11 is 0. The number of rotatable bonds is 2. The van der Waals surface area contributed by atoms with E-state index >= 15 is 0 Å². The van der Waals surface area contributed by atoms with Gasteiger partial charge in [0.2, 0.25) is 0 Å². The van der Waals surface area contributed by atoms with Crippen molar-refractivity contribution in [3.05, 3.63) is 80.8 Å². The highest BCUT2D eigenvalue weighted by atomic mass is 19.4. The molecule has 0 radical (unpaired) electrons. The fourth-order valence-corrected chi connectivity index (χ4v) is 3.46. The minimum absolute atomic E-state index is 0.142. The van der Waals surface area contributed by atoms with Gasteiger partial charge in [-0.3, -0.25) is 9.78 Å². The topological polar surface area (TPSA) is 88.0 Å². The lowest BCUT2D eigenvalue weighted by Gasteiger charge is -2.22. The first kappa shape index (κ1) is 19.8. The molecule has 0 aliphatic carbocycles. The van der Waals surface area contributed by atoms with E-state index in [2.05, 4.69) is 9.97 Å². The van der Waals surface area contributed by atoms with Crippen LogP contribution >= 0.6 is 0 Å². The molecular weight excluding hydrogens is 399 g/mol. The van der Waals surface area contributed by atoms with Crippen molar-refractivity contribution in [2.24, 2.45) is 0 Å². The molecule has 0 amide bonds. The highest BCUT2D eigenvalue weighted by Crippen LogP contribution is 2.35. The molecule has 0 unspecified atom stereocenters. The van der Waals surface area contributed by atoms with E-state index in [0.29, 0.717) is 16.8 Å². The van der Waals surface area contributed by atoms with Crippen LogP contribution in [0.25, 0.3) is 27.4 Å². The first-order valence-corrected chi connectivity index (χ1v) is 8.95. The Labute approximate surface area is 167 Å². The highest BCUT2D eigenvalue weighted by molar-refractivity contribution is 5.90. The SMILES string of the molecule is CC(C)(O)c1cc(C(F)(F)F)cc2c(=O)n(-c3cncc4ccccc34)c(=O)[nH]c12. The van der Waals surface area contributed by atoms with E-state index in [9.17, 15) is 27.9 Å². The van der Waals surface area contributed by atoms with Gasteiger partial charge in [-0.2, -0.15) is 13.2 Å². The van der Waals surface area contributed by atoms with Crippen LogP contribution in [0.5, 0.6) is 0 Å². The second-order valence-corrected chi connectivity index (χ2v) is 7.45. The Bertz CT molecular complexity index is 1410. The van der Waals surface area contributed by atoms with Gasteiger partial charge in [-0.15, -0.1) is 0 Å². The second-order valence-electron chi connectivity index (χ2n) is 7.45. The summed E-state index contributed by atoms with van der Waals surface area (Å²) in [6, 6.07) is 8.29. The Hall–Kier alpha value is -3.46. The molecule has 6 nitrogen and oxygen atoms in total. The third-order valence-electron chi connectivity index (χ3n) is 4.88. The van der Waals surface area contributed by atoms with Crippen LogP contribution < -0.4 is 11.2 Å². The molecule has 154 valence electrons. The number of hydrogen-bond donors (Lipinski definition) is 2. The van der Waals surface area contributed by atoms with Gasteiger partial charge in [-0.05, 0) is 26.0 Å². The van der Waals surface area contributed by atoms with Gasteiger partial charge in [0, 0.05) is 22.5 Å². The Morgan fingerprint density at radius 2 is 1.73 bits per heavy atom. The molecule has 2 N–H and O–H groups in total. The van der Waals surface area contributed by atoms with E-state index in [1.54, 1.807) is 30.5 Å². The quantitative estimate of drug-likeness (QED) is 0.525. The number of fused-ring (bicyclic) bond motifs is 2. The monoisotopic (exact) mass is 415 g/mol. The number of H-pyrrole nitrogens is 1. The third kappa shape index (κ3) is 3.17. The molecule has 4 aromatic rings. The summed E-state index contributed by atoms with van der Waals surface area (Å²) in [5.41, 5.74) is -4.83. The highest BCUT2D eigenvalue weighted by Gasteiger charge is 2.34. The fraction of sp³-hybridized carbons (Fsp3) is 0.190. The molecule has 0 saturated carbocycles. The van der Waals surface area contributed by atoms with E-state index in [-0.39, 0.29) is 22.2 Å². The van der Waals surface area contributed by atoms with Gasteiger partial charge in [0.25, 0.3) is 5.56 Å². The van der Waals surface area contributed by atoms with E-state index < -0.39 is 28.6 Å². The number of aromatic amines is 1. The minimum atomic E-state index is -4.75. The number of alkyl halides is 3. The summed E-state index contributed by atoms with van der Waals surface area (Å²) in [4.78, 5) is 32.6. The number of nitrogens with one attached hydrogen (secondary N) is 1. The van der Waals surface area contributed by atoms with Gasteiger partial charge in [0.05, 0.1) is 34.0 Å². The van der Waals surface area contributed by atoms with Crippen LogP contribution in [0.2, 0.25) is 0 Å². The molecule has 2 heterocycles. The van der Waals surface area contributed by atoms with Crippen LogP contribution in [0.15, 0.2) is 58.4 Å². The summed E-state index contributed by atoms with van der Waals surface area (Å²) in [7, 11) is 0. The van der Waals surface area contributed by atoms with Crippen LogP contribution in [0.1, 0.15) is 25.0 Å². The molecule has 0 bridgehead atoms. The van der Waals surface area contributed by atoms with Gasteiger partial charge in [0.15, 0.2) is 0 Å². The maximum absolute atomic E-state index is 13.5. The van der Waals surface area contributed by atoms with Gasteiger partial charge >= 0.3 is 11.9 Å². The smallest absolute Gasteiger partial charge is 0.386 e. The van der Waals surface area contributed by atoms with Crippen LogP contribution in [-0.4, -0.2) is 19.6 Å². The molecule has 0 aliphatic rings. The Morgan fingerprint density at radius 1 is 1.03 bits per heavy atom. The van der Waals surface area contributed by atoms with E-state index in [0.717, 1.165) is 10.6 Å². The average molecular weight is 415 g/mol. The number of halogens is 3. The molecule has 0 saturated heterocycles. The lowest BCUT2D eigenvalue weighted by atomic mass is 9.93. The molecule has 4 rings (SSSR count). The Morgan fingerprint density at radius 3 is 2.40 bits per heavy atom. The van der Waals surface area contributed by atoms with Crippen molar-refractivity contribution in [2.45, 2.75) is 25.6 Å². The summed E-state index contributed by atoms with van der Waals surface area (Å²) in [5, 5.41) is 11.2. The number of hydrogen-bond acceptors (Lipinski definition) is 4. The number of pyridine rings is 1. The molecule has 0 aliphatic heterocycles. The second kappa shape index (κ2) is 6.53. The normalized spacial score (nSPS) is 12.6. The molecule has 2 aromatic carbocycles. The van der Waals surface area contributed by atoms with E-state index in [1.165, 1.54) is 20.0 Å². The van der Waals surface area contributed by atoms with E-state index in [1.807, 2.05) is 0 Å². The lowest BCUT2D eigenvalue weighted by molar-refractivity contribution is -0.137. The van der Waals surface area contributed by atoms with E-state index in [4.69, 9.17) is 0 Å². The number of benzene rings is 2. The van der Waals surface area contributed by atoms with Gasteiger partial charge in [-0.1, -0.05) is 24.3 Å². The standard InChI is InChI=1S/C21H16F3N3O3/c1-20(2,30)15-8-12(21(22,23)24)7-14-17(15)26-19(29)27(18(14)28)16-10-25-9-11-5-3-4-6-13(11)16/h3-10,30H,1-2H3,(H,26,29). The number of nitrogens with zero attached hydrogens (tertiary/aromatic N) is 2. The number of aromatic nitrogens is 3. The molecule has 30 heavy (non-hydrogen) atoms. The molecule has 0 atom stereocenters. The molecular formula is C21H16F3N3O3. The predicted molar refractivity (Wildman–Crippen MR) is 106 cm³/mol. The lowest BCUT2D eigenvalue weighted by Crippen LogP contribution is -2.35. The summed E-state index contributed by atoms with van der Waals surface area (Å²) in [6.45, 7) is 2.56. The van der Waals surface area contributed by atoms with Crippen molar-refractivity contribution >= 4 is 21.7 Å². The van der Waals surface area contributed by atoms with Crippen molar-refractivity contribution in [2.75, 3.05) is 0 Å². The molecule has 9 heteroatoms. The zero-order valence-electron chi connectivity index (χ0n) is 15.9. The van der Waals surface area contributed by atoms with Gasteiger partial charge in [0.1, 0.15) is 0 Å². The summed E-state index contributed by atoms with van der Waals surface area (Å²) in [6.07, 6.45) is -1.90. The van der Waals surface area contributed by atoms with Gasteiger partial charge < -0.3 is 10.1 Å². The van der Waals surface area contributed by atoms with Crippen molar-refractivity contribution in [1.82, 2.24) is 14.5 Å². The van der Waals surface area contributed by atoms with Crippen molar-refractivity contribution in [1.29, 1.82) is 0 Å². The zero-order chi connectivity index (χ0) is 21.8. The maximum atomic E-state index is 13.5.